The van der Waals surface area contributed by atoms with E-state index in [2.05, 4.69) is 20.9 Å². The second-order valence-electron chi connectivity index (χ2n) is 6.30. The molecule has 126 valence electrons. The molecule has 6 heteroatoms. The Hall–Kier alpha value is -2.44. The number of nitrogens with zero attached hydrogens (tertiary/aromatic N) is 3. The summed E-state index contributed by atoms with van der Waals surface area (Å²) in [6.07, 6.45) is 4.31. The van der Waals surface area contributed by atoms with Gasteiger partial charge >= 0.3 is 0 Å². The normalized spacial score (nSPS) is 15.4. The molecule has 0 spiro atoms. The smallest absolute Gasteiger partial charge is 0.281 e. The number of ether oxygens (including phenoxy) is 1. The van der Waals surface area contributed by atoms with Crippen LogP contribution in [0.15, 0.2) is 47.0 Å². The number of thiazole rings is 1. The Morgan fingerprint density at radius 2 is 2.08 bits per heavy atom. The molecule has 1 aliphatic rings. The molecular weight excluding hydrogens is 334 g/mol. The van der Waals surface area contributed by atoms with Crippen LogP contribution >= 0.6 is 11.3 Å². The molecule has 25 heavy (non-hydrogen) atoms. The average molecular weight is 351 g/mol. The van der Waals surface area contributed by atoms with Crippen LogP contribution in [-0.2, 0) is 6.54 Å². The van der Waals surface area contributed by atoms with Gasteiger partial charge in [0.2, 0.25) is 0 Å². The van der Waals surface area contributed by atoms with Gasteiger partial charge < -0.3 is 9.15 Å². The van der Waals surface area contributed by atoms with Gasteiger partial charge in [-0.25, -0.2) is 4.98 Å². The summed E-state index contributed by atoms with van der Waals surface area (Å²) in [6.45, 7) is 3.21. The number of furan rings is 1. The van der Waals surface area contributed by atoms with Crippen molar-refractivity contribution in [1.29, 1.82) is 0 Å². The molecule has 0 N–H and O–H groups in total. The van der Waals surface area contributed by atoms with Crippen LogP contribution in [-0.4, -0.2) is 28.0 Å². The zero-order valence-corrected chi connectivity index (χ0v) is 14.5. The van der Waals surface area contributed by atoms with Crippen molar-refractivity contribution in [3.8, 4) is 10.9 Å². The van der Waals surface area contributed by atoms with E-state index in [4.69, 9.17) is 9.15 Å². The summed E-state index contributed by atoms with van der Waals surface area (Å²) in [7, 11) is 0. The number of benzene rings is 1. The van der Waals surface area contributed by atoms with Gasteiger partial charge in [0.1, 0.15) is 17.1 Å². The first kappa shape index (κ1) is 14.9. The Bertz CT molecular complexity index is 1000. The summed E-state index contributed by atoms with van der Waals surface area (Å²) in [4.78, 5) is 11.1. The lowest BCUT2D eigenvalue weighted by atomic mass is 10.2. The van der Waals surface area contributed by atoms with E-state index in [-0.39, 0.29) is 0 Å². The predicted molar refractivity (Wildman–Crippen MR) is 98.2 cm³/mol. The van der Waals surface area contributed by atoms with E-state index < -0.39 is 0 Å². The van der Waals surface area contributed by atoms with Crippen LogP contribution in [0.3, 0.4) is 0 Å². The van der Waals surface area contributed by atoms with Gasteiger partial charge in [-0.15, -0.1) is 0 Å². The number of pyridine rings is 1. The minimum absolute atomic E-state index is 0.594. The van der Waals surface area contributed by atoms with Crippen LogP contribution in [0.25, 0.3) is 21.3 Å². The van der Waals surface area contributed by atoms with Gasteiger partial charge in [0.15, 0.2) is 5.65 Å². The molecule has 0 radical (unpaired) electrons. The summed E-state index contributed by atoms with van der Waals surface area (Å²) in [5.74, 6) is 1.74. The largest absolute Gasteiger partial charge is 0.460 e. The van der Waals surface area contributed by atoms with E-state index in [1.807, 2.05) is 30.3 Å². The minimum Gasteiger partial charge on any atom is -0.460 e. The van der Waals surface area contributed by atoms with Crippen LogP contribution in [0, 0.1) is 0 Å². The Balaban J connectivity index is 1.39. The van der Waals surface area contributed by atoms with Crippen LogP contribution in [0.4, 0.5) is 0 Å². The molecule has 5 rings (SSSR count). The highest BCUT2D eigenvalue weighted by atomic mass is 32.1. The van der Waals surface area contributed by atoms with Crippen molar-refractivity contribution in [3.63, 3.8) is 0 Å². The Kier molecular flexibility index (Phi) is 3.64. The maximum absolute atomic E-state index is 6.02. The number of hydrogen-bond donors (Lipinski definition) is 0. The number of likely N-dealkylation sites (tertiary alicyclic amines) is 1. The van der Waals surface area contributed by atoms with E-state index in [0.29, 0.717) is 5.19 Å². The molecule has 0 unspecified atom stereocenters. The molecule has 4 heterocycles. The quantitative estimate of drug-likeness (QED) is 0.527. The second-order valence-corrected chi connectivity index (χ2v) is 7.30. The second kappa shape index (κ2) is 6.13. The highest BCUT2D eigenvalue weighted by Crippen LogP contribution is 2.32. The Morgan fingerprint density at radius 1 is 1.16 bits per heavy atom. The van der Waals surface area contributed by atoms with E-state index in [1.165, 1.54) is 24.2 Å². The summed E-state index contributed by atoms with van der Waals surface area (Å²) in [5.41, 5.74) is 1.57. The SMILES string of the molecule is c1cnc2nc(Oc3ccc4cc(CN5CCCC5)oc4c3)sc2c1. The molecule has 1 aliphatic heterocycles. The third-order valence-corrected chi connectivity index (χ3v) is 5.36. The lowest BCUT2D eigenvalue weighted by Gasteiger charge is -2.11. The van der Waals surface area contributed by atoms with Crippen LogP contribution in [0.2, 0.25) is 0 Å². The average Bonchev–Trinajstić information content (AvgIpc) is 3.33. The zero-order valence-electron chi connectivity index (χ0n) is 13.6. The fourth-order valence-corrected chi connectivity index (χ4v) is 4.06. The standard InChI is InChI=1S/C19H17N3O2S/c1-2-9-22(8-1)12-15-10-13-5-6-14(11-16(13)23-15)24-19-21-18-17(25-19)4-3-7-20-18/h3-7,10-11H,1-2,8-9,12H2. The molecule has 1 aromatic carbocycles. The van der Waals surface area contributed by atoms with Gasteiger partial charge in [0.25, 0.3) is 5.19 Å². The summed E-state index contributed by atoms with van der Waals surface area (Å²) < 4.78 is 12.9. The lowest BCUT2D eigenvalue weighted by Crippen LogP contribution is -2.17. The van der Waals surface area contributed by atoms with E-state index in [1.54, 1.807) is 6.20 Å². The number of fused-ring (bicyclic) bond motifs is 2. The van der Waals surface area contributed by atoms with Crippen molar-refractivity contribution >= 4 is 32.7 Å². The maximum Gasteiger partial charge on any atom is 0.281 e. The van der Waals surface area contributed by atoms with Crippen molar-refractivity contribution < 1.29 is 9.15 Å². The molecule has 5 nitrogen and oxygen atoms in total. The summed E-state index contributed by atoms with van der Waals surface area (Å²) in [6, 6.07) is 11.9. The van der Waals surface area contributed by atoms with E-state index in [9.17, 15) is 0 Å². The highest BCUT2D eigenvalue weighted by molar-refractivity contribution is 7.20. The van der Waals surface area contributed by atoms with Crippen molar-refractivity contribution in [2.75, 3.05) is 13.1 Å². The van der Waals surface area contributed by atoms with Crippen LogP contribution in [0.5, 0.6) is 10.9 Å². The first-order valence-corrected chi connectivity index (χ1v) is 9.29. The Labute approximate surface area is 148 Å². The molecule has 4 aromatic rings. The number of hydrogen-bond acceptors (Lipinski definition) is 6. The third kappa shape index (κ3) is 2.99. The molecule has 0 aliphatic carbocycles. The van der Waals surface area contributed by atoms with E-state index in [0.717, 1.165) is 52.5 Å². The highest BCUT2D eigenvalue weighted by Gasteiger charge is 2.15. The fraction of sp³-hybridized carbons (Fsp3) is 0.263. The van der Waals surface area contributed by atoms with Gasteiger partial charge in [0, 0.05) is 17.6 Å². The topological polar surface area (TPSA) is 51.4 Å². The molecule has 0 amide bonds. The first-order chi connectivity index (χ1) is 12.3. The molecule has 0 bridgehead atoms. The minimum atomic E-state index is 0.594. The molecule has 0 atom stereocenters. The fourth-order valence-electron chi connectivity index (χ4n) is 3.26. The summed E-state index contributed by atoms with van der Waals surface area (Å²) in [5, 5.41) is 1.70. The van der Waals surface area contributed by atoms with Crippen molar-refractivity contribution in [2.45, 2.75) is 19.4 Å². The molecule has 1 fully saturated rings. The monoisotopic (exact) mass is 351 g/mol. The van der Waals surface area contributed by atoms with Gasteiger partial charge in [-0.05, 0) is 56.3 Å². The molecular formula is C19H17N3O2S. The van der Waals surface area contributed by atoms with Crippen LogP contribution < -0.4 is 4.74 Å². The molecule has 1 saturated heterocycles. The molecule has 0 saturated carbocycles. The zero-order chi connectivity index (χ0) is 16.6. The van der Waals surface area contributed by atoms with Gasteiger partial charge in [0.05, 0.1) is 11.2 Å². The molecule has 3 aromatic heterocycles. The number of rotatable bonds is 4. The maximum atomic E-state index is 6.02. The first-order valence-electron chi connectivity index (χ1n) is 8.48. The third-order valence-electron chi connectivity index (χ3n) is 4.47. The van der Waals surface area contributed by atoms with Crippen molar-refractivity contribution in [3.05, 3.63) is 48.4 Å². The van der Waals surface area contributed by atoms with Gasteiger partial charge in [-0.3, -0.25) is 4.90 Å². The Morgan fingerprint density at radius 3 is 2.96 bits per heavy atom. The lowest BCUT2D eigenvalue weighted by molar-refractivity contribution is 0.302. The van der Waals surface area contributed by atoms with Crippen molar-refractivity contribution in [1.82, 2.24) is 14.9 Å². The van der Waals surface area contributed by atoms with Crippen molar-refractivity contribution in [2.24, 2.45) is 0 Å². The van der Waals surface area contributed by atoms with Crippen LogP contribution in [0.1, 0.15) is 18.6 Å². The van der Waals surface area contributed by atoms with Gasteiger partial charge in [-0.2, -0.15) is 4.98 Å². The van der Waals surface area contributed by atoms with E-state index >= 15 is 0 Å². The number of aromatic nitrogens is 2. The van der Waals surface area contributed by atoms with Gasteiger partial charge in [-0.1, -0.05) is 11.3 Å². The predicted octanol–water partition coefficient (Wildman–Crippen LogP) is 4.83. The summed E-state index contributed by atoms with van der Waals surface area (Å²) >= 11 is 1.49.